The van der Waals surface area contributed by atoms with E-state index < -0.39 is 0 Å². The first-order chi connectivity index (χ1) is 6.34. The Hall–Kier alpha value is -0.980. The average Bonchev–Trinajstić information content (AvgIpc) is 2.52. The summed E-state index contributed by atoms with van der Waals surface area (Å²) >= 11 is 1.69. The molecule has 2 nitrogen and oxygen atoms in total. The summed E-state index contributed by atoms with van der Waals surface area (Å²) < 4.78 is 0. The van der Waals surface area contributed by atoms with E-state index in [-0.39, 0.29) is 0 Å². The van der Waals surface area contributed by atoms with Crippen molar-refractivity contribution in [3.63, 3.8) is 0 Å². The fourth-order valence-corrected chi connectivity index (χ4v) is 1.74. The summed E-state index contributed by atoms with van der Waals surface area (Å²) in [6.07, 6.45) is 0.905. The van der Waals surface area contributed by atoms with Crippen molar-refractivity contribution in [2.75, 3.05) is 12.3 Å². The third kappa shape index (κ3) is 3.49. The number of nitrogen functional groups attached to an aromatic ring is 1. The van der Waals surface area contributed by atoms with Crippen LogP contribution < -0.4 is 11.1 Å². The van der Waals surface area contributed by atoms with Crippen molar-refractivity contribution in [2.24, 2.45) is 0 Å². The van der Waals surface area contributed by atoms with Crippen LogP contribution in [0.3, 0.4) is 0 Å². The molecule has 1 rings (SSSR count). The van der Waals surface area contributed by atoms with Crippen LogP contribution in [-0.2, 0) is 6.54 Å². The molecule has 0 aliphatic rings. The van der Waals surface area contributed by atoms with Crippen LogP contribution in [0.4, 0.5) is 5.69 Å². The third-order valence-electron chi connectivity index (χ3n) is 1.67. The van der Waals surface area contributed by atoms with Gasteiger partial charge in [-0.3, -0.25) is 0 Å². The molecule has 0 bridgehead atoms. The molecule has 1 heterocycles. The maximum absolute atomic E-state index is 5.72. The van der Waals surface area contributed by atoms with Gasteiger partial charge in [0, 0.05) is 30.1 Å². The van der Waals surface area contributed by atoms with Gasteiger partial charge < -0.3 is 11.1 Å². The molecule has 0 radical (unpaired) electrons. The fraction of sp³-hybridized carbons (Fsp3) is 0.400. The highest BCUT2D eigenvalue weighted by molar-refractivity contribution is 7.10. The van der Waals surface area contributed by atoms with Crippen LogP contribution in [0.2, 0.25) is 0 Å². The second kappa shape index (κ2) is 5.63. The number of thiophene rings is 1. The van der Waals surface area contributed by atoms with Gasteiger partial charge >= 0.3 is 0 Å². The van der Waals surface area contributed by atoms with Gasteiger partial charge in [0.15, 0.2) is 0 Å². The molecule has 1 aromatic heterocycles. The molecule has 70 valence electrons. The number of rotatable bonds is 4. The Labute approximate surface area is 83.2 Å². The van der Waals surface area contributed by atoms with Crippen molar-refractivity contribution in [3.05, 3.63) is 16.3 Å². The third-order valence-corrected chi connectivity index (χ3v) is 2.61. The second-order valence-electron chi connectivity index (χ2n) is 2.65. The van der Waals surface area contributed by atoms with Crippen molar-refractivity contribution < 1.29 is 0 Å². The van der Waals surface area contributed by atoms with Crippen molar-refractivity contribution in [1.82, 2.24) is 5.32 Å². The molecule has 0 aliphatic carbocycles. The molecule has 0 saturated carbocycles. The SMILES string of the molecule is CC#CCCNCc1sccc1N. The lowest BCUT2D eigenvalue weighted by molar-refractivity contribution is 0.709. The highest BCUT2D eigenvalue weighted by Gasteiger charge is 1.97. The molecule has 0 saturated heterocycles. The molecule has 3 heteroatoms. The van der Waals surface area contributed by atoms with Gasteiger partial charge in [-0.25, -0.2) is 0 Å². The summed E-state index contributed by atoms with van der Waals surface area (Å²) in [4.78, 5) is 1.21. The zero-order valence-corrected chi connectivity index (χ0v) is 8.58. The molecule has 0 amide bonds. The van der Waals surface area contributed by atoms with Crippen LogP contribution in [0.5, 0.6) is 0 Å². The Kier molecular flexibility index (Phi) is 4.37. The molecule has 0 aromatic carbocycles. The lowest BCUT2D eigenvalue weighted by Gasteiger charge is -2.00. The van der Waals surface area contributed by atoms with E-state index in [1.54, 1.807) is 11.3 Å². The van der Waals surface area contributed by atoms with Crippen molar-refractivity contribution in [3.8, 4) is 11.8 Å². The minimum absolute atomic E-state index is 0.856. The van der Waals surface area contributed by atoms with Crippen molar-refractivity contribution >= 4 is 17.0 Å². The van der Waals surface area contributed by atoms with E-state index in [9.17, 15) is 0 Å². The van der Waals surface area contributed by atoms with Gasteiger partial charge in [-0.2, -0.15) is 0 Å². The molecule has 0 spiro atoms. The molecular formula is C10H14N2S. The second-order valence-corrected chi connectivity index (χ2v) is 3.65. The van der Waals surface area contributed by atoms with E-state index in [4.69, 9.17) is 5.73 Å². The topological polar surface area (TPSA) is 38.0 Å². The standard InChI is InChI=1S/C10H14N2S/c1-2-3-4-6-12-8-10-9(11)5-7-13-10/h5,7,12H,4,6,8,11H2,1H3. The summed E-state index contributed by atoms with van der Waals surface area (Å²) in [6.45, 7) is 3.64. The number of hydrogen-bond acceptors (Lipinski definition) is 3. The van der Waals surface area contributed by atoms with E-state index in [1.165, 1.54) is 4.88 Å². The van der Waals surface area contributed by atoms with Crippen LogP contribution in [0.15, 0.2) is 11.4 Å². The Morgan fingerprint density at radius 2 is 2.46 bits per heavy atom. The molecule has 13 heavy (non-hydrogen) atoms. The first-order valence-electron chi connectivity index (χ1n) is 4.26. The first-order valence-corrected chi connectivity index (χ1v) is 5.14. The van der Waals surface area contributed by atoms with Gasteiger partial charge in [0.25, 0.3) is 0 Å². The molecule has 0 unspecified atom stereocenters. The monoisotopic (exact) mass is 194 g/mol. The minimum Gasteiger partial charge on any atom is -0.398 e. The molecule has 3 N–H and O–H groups in total. The molecule has 0 fully saturated rings. The summed E-state index contributed by atoms with van der Waals surface area (Å²) in [5.74, 6) is 5.86. The highest BCUT2D eigenvalue weighted by atomic mass is 32.1. The van der Waals surface area contributed by atoms with E-state index in [0.717, 1.165) is 25.2 Å². The normalized spacial score (nSPS) is 9.31. The lowest BCUT2D eigenvalue weighted by atomic mass is 10.3. The smallest absolute Gasteiger partial charge is 0.0468 e. The molecule has 1 aromatic rings. The van der Waals surface area contributed by atoms with Gasteiger partial charge in [0.2, 0.25) is 0 Å². The maximum Gasteiger partial charge on any atom is 0.0468 e. The predicted molar refractivity (Wildman–Crippen MR) is 58.5 cm³/mol. The first kappa shape index (κ1) is 10.1. The van der Waals surface area contributed by atoms with Crippen LogP contribution in [0.1, 0.15) is 18.2 Å². The van der Waals surface area contributed by atoms with Crippen LogP contribution in [0, 0.1) is 11.8 Å². The van der Waals surface area contributed by atoms with E-state index in [0.29, 0.717) is 0 Å². The summed E-state index contributed by atoms with van der Waals surface area (Å²) in [6, 6.07) is 1.94. The van der Waals surface area contributed by atoms with Crippen LogP contribution >= 0.6 is 11.3 Å². The van der Waals surface area contributed by atoms with Gasteiger partial charge in [-0.05, 0) is 18.4 Å². The average molecular weight is 194 g/mol. The van der Waals surface area contributed by atoms with E-state index in [2.05, 4.69) is 17.2 Å². The Bertz CT molecular complexity index is 306. The van der Waals surface area contributed by atoms with E-state index >= 15 is 0 Å². The Balaban J connectivity index is 2.19. The summed E-state index contributed by atoms with van der Waals surface area (Å²) in [5.41, 5.74) is 6.61. The maximum atomic E-state index is 5.72. The molecular weight excluding hydrogens is 180 g/mol. The van der Waals surface area contributed by atoms with E-state index in [1.807, 2.05) is 18.4 Å². The quantitative estimate of drug-likeness (QED) is 0.567. The van der Waals surface area contributed by atoms with Crippen LogP contribution in [-0.4, -0.2) is 6.54 Å². The van der Waals surface area contributed by atoms with Crippen molar-refractivity contribution in [2.45, 2.75) is 19.9 Å². The fourth-order valence-electron chi connectivity index (χ4n) is 0.972. The van der Waals surface area contributed by atoms with Gasteiger partial charge in [-0.1, -0.05) is 0 Å². The highest BCUT2D eigenvalue weighted by Crippen LogP contribution is 2.17. The number of nitrogens with two attached hydrogens (primary N) is 1. The minimum atomic E-state index is 0.856. The zero-order chi connectivity index (χ0) is 9.52. The van der Waals surface area contributed by atoms with Gasteiger partial charge in [-0.15, -0.1) is 23.2 Å². The Morgan fingerprint density at radius 3 is 3.08 bits per heavy atom. The van der Waals surface area contributed by atoms with Crippen LogP contribution in [0.25, 0.3) is 0 Å². The summed E-state index contributed by atoms with van der Waals surface area (Å²) in [7, 11) is 0. The van der Waals surface area contributed by atoms with Gasteiger partial charge in [0.05, 0.1) is 0 Å². The number of anilines is 1. The van der Waals surface area contributed by atoms with Crippen molar-refractivity contribution in [1.29, 1.82) is 0 Å². The van der Waals surface area contributed by atoms with Gasteiger partial charge in [0.1, 0.15) is 0 Å². The largest absolute Gasteiger partial charge is 0.398 e. The molecule has 0 atom stereocenters. The predicted octanol–water partition coefficient (Wildman–Crippen LogP) is 1.83. The summed E-state index contributed by atoms with van der Waals surface area (Å²) in [5, 5.41) is 5.30. The molecule has 0 aliphatic heterocycles. The number of nitrogens with one attached hydrogen (secondary N) is 1. The number of hydrogen-bond donors (Lipinski definition) is 2. The zero-order valence-electron chi connectivity index (χ0n) is 7.76. The Morgan fingerprint density at radius 1 is 1.62 bits per heavy atom. The lowest BCUT2D eigenvalue weighted by Crippen LogP contribution is -2.14.